The first kappa shape index (κ1) is 43.5. The van der Waals surface area contributed by atoms with Gasteiger partial charge in [-0.15, -0.1) is 0 Å². The maximum atomic E-state index is 13.8. The molecule has 2 aliphatic heterocycles. The third-order valence-corrected chi connectivity index (χ3v) is 11.6. The van der Waals surface area contributed by atoms with Gasteiger partial charge in [-0.05, 0) is 59.7 Å². The van der Waals surface area contributed by atoms with Crippen molar-refractivity contribution in [3.05, 3.63) is 210 Å². The van der Waals surface area contributed by atoms with Crippen molar-refractivity contribution in [1.29, 1.82) is 0 Å². The highest BCUT2D eigenvalue weighted by Gasteiger charge is 2.53. The molecule has 2 aliphatic rings. The van der Waals surface area contributed by atoms with Crippen molar-refractivity contribution < 1.29 is 52.3 Å². The zero-order valence-corrected chi connectivity index (χ0v) is 35.0. The largest absolute Gasteiger partial charge is 0.459 e. The third-order valence-electron chi connectivity index (χ3n) is 10.4. The first-order chi connectivity index (χ1) is 31.0. The fourth-order valence-corrected chi connectivity index (χ4v) is 8.38. The van der Waals surface area contributed by atoms with Gasteiger partial charge in [-0.1, -0.05) is 145 Å². The molecular weight excluding hydrogens is 821 g/mol. The molecule has 0 aliphatic carbocycles. The van der Waals surface area contributed by atoms with Crippen molar-refractivity contribution in [2.75, 3.05) is 13.2 Å². The minimum atomic E-state index is -1.31. The van der Waals surface area contributed by atoms with E-state index in [9.17, 15) is 14.4 Å². The number of thioether (sulfide) groups is 1. The summed E-state index contributed by atoms with van der Waals surface area (Å²) in [6.45, 7) is 0.105. The Balaban J connectivity index is 1.08. The topological polar surface area (TPSA) is 125 Å². The molecule has 6 aromatic carbocycles. The van der Waals surface area contributed by atoms with Crippen molar-refractivity contribution in [1.82, 2.24) is 0 Å². The van der Waals surface area contributed by atoms with Gasteiger partial charge >= 0.3 is 17.9 Å². The molecule has 12 heteroatoms. The summed E-state index contributed by atoms with van der Waals surface area (Å²) in [6.07, 6.45) is -6.92. The molecule has 0 radical (unpaired) electrons. The van der Waals surface area contributed by atoms with E-state index in [2.05, 4.69) is 0 Å². The van der Waals surface area contributed by atoms with Crippen molar-refractivity contribution in [3.63, 3.8) is 0 Å². The maximum absolute atomic E-state index is 13.8. The van der Waals surface area contributed by atoms with Crippen LogP contribution in [-0.4, -0.2) is 79.5 Å². The lowest BCUT2D eigenvalue weighted by molar-refractivity contribution is -0.191. The molecule has 6 aromatic rings. The predicted molar refractivity (Wildman–Crippen MR) is 234 cm³/mol. The lowest BCUT2D eigenvalue weighted by atomic mass is 10.1. The van der Waals surface area contributed by atoms with E-state index in [-0.39, 0.29) is 30.9 Å². The van der Waals surface area contributed by atoms with Gasteiger partial charge in [0, 0.05) is 4.90 Å². The number of rotatable bonds is 18. The Labute approximate surface area is 370 Å². The van der Waals surface area contributed by atoms with Crippen LogP contribution in [0, 0.1) is 0 Å². The van der Waals surface area contributed by atoms with Crippen LogP contribution >= 0.6 is 11.8 Å². The molecule has 2 heterocycles. The minimum absolute atomic E-state index is 0.115. The second-order valence-electron chi connectivity index (χ2n) is 14.8. The van der Waals surface area contributed by atoms with Crippen LogP contribution in [0.5, 0.6) is 0 Å². The SMILES string of the molecule is O=C(OC[C@@H]1O[C@@H](OC[C@@H]2O[C@@H](Sc3ccccc3)C(OCc3ccccc3)C2OCc2ccccc2)C(OC(=O)c2ccccc2)C1OC(=O)c1ccccc1)c1ccccc1. The molecule has 0 saturated carbocycles. The number of carbonyl (C=O) groups is 3. The Morgan fingerprint density at radius 3 is 1.38 bits per heavy atom. The van der Waals surface area contributed by atoms with E-state index in [1.165, 1.54) is 11.8 Å². The number of hydrogen-bond donors (Lipinski definition) is 0. The van der Waals surface area contributed by atoms with Crippen LogP contribution in [0.2, 0.25) is 0 Å². The summed E-state index contributed by atoms with van der Waals surface area (Å²) in [5.74, 6) is -2.01. The minimum Gasteiger partial charge on any atom is -0.459 e. The number of hydrogen-bond acceptors (Lipinski definition) is 12. The number of benzene rings is 6. The van der Waals surface area contributed by atoms with Crippen molar-refractivity contribution >= 4 is 29.7 Å². The number of ether oxygens (including phenoxy) is 8. The summed E-state index contributed by atoms with van der Waals surface area (Å²) in [5.41, 5.74) is 2.26. The first-order valence-electron chi connectivity index (χ1n) is 20.7. The fraction of sp³-hybridized carbons (Fsp3) is 0.235. The van der Waals surface area contributed by atoms with E-state index >= 15 is 0 Å². The molecular formula is C51H46O11S. The average molecular weight is 867 g/mol. The zero-order chi connectivity index (χ0) is 43.2. The lowest BCUT2D eigenvalue weighted by Gasteiger charge is -2.27. The van der Waals surface area contributed by atoms with Crippen LogP contribution in [0.3, 0.4) is 0 Å². The summed E-state index contributed by atoms with van der Waals surface area (Å²) in [6, 6.07) is 54.9. The van der Waals surface area contributed by atoms with Crippen LogP contribution in [0.4, 0.5) is 0 Å². The molecule has 0 N–H and O–H groups in total. The van der Waals surface area contributed by atoms with Gasteiger partial charge in [0.15, 0.2) is 18.5 Å². The first-order valence-corrected chi connectivity index (χ1v) is 21.6. The summed E-state index contributed by atoms with van der Waals surface area (Å²) in [5, 5.41) is 0. The van der Waals surface area contributed by atoms with Crippen LogP contribution in [0.15, 0.2) is 187 Å². The van der Waals surface area contributed by atoms with Gasteiger partial charge < -0.3 is 37.9 Å². The Morgan fingerprint density at radius 1 is 0.429 bits per heavy atom. The molecule has 2 fully saturated rings. The van der Waals surface area contributed by atoms with Crippen molar-refractivity contribution in [2.45, 2.75) is 66.5 Å². The number of carbonyl (C=O) groups excluding carboxylic acids is 3. The Bertz CT molecular complexity index is 2340. The lowest BCUT2D eigenvalue weighted by Crippen LogP contribution is -2.43. The molecule has 0 aromatic heterocycles. The van der Waals surface area contributed by atoms with E-state index in [0.717, 1.165) is 16.0 Å². The van der Waals surface area contributed by atoms with Crippen molar-refractivity contribution in [2.24, 2.45) is 0 Å². The Kier molecular flexibility index (Phi) is 15.1. The van der Waals surface area contributed by atoms with Gasteiger partial charge in [0.25, 0.3) is 0 Å². The third kappa shape index (κ3) is 11.7. The van der Waals surface area contributed by atoms with Gasteiger partial charge in [0.1, 0.15) is 36.5 Å². The van der Waals surface area contributed by atoms with Crippen LogP contribution in [-0.2, 0) is 51.1 Å². The van der Waals surface area contributed by atoms with Gasteiger partial charge in [-0.2, -0.15) is 0 Å². The van der Waals surface area contributed by atoms with E-state index < -0.39 is 66.3 Å². The molecule has 322 valence electrons. The second-order valence-corrected chi connectivity index (χ2v) is 16.0. The molecule has 11 nitrogen and oxygen atoms in total. The molecule has 63 heavy (non-hydrogen) atoms. The van der Waals surface area contributed by atoms with Crippen LogP contribution < -0.4 is 0 Å². The fourth-order valence-electron chi connectivity index (χ4n) is 7.23. The standard InChI is InChI=1S/C51H46O11S/c52-47(37-23-11-3-12-24-37)57-33-42-44(61-48(53)38-25-13-4-14-26-38)45(62-49(54)39-27-15-5-16-28-39)50(59-42)58-34-41-43(55-31-35-19-7-1-8-20-35)46(56-32-36-21-9-2-10-22-36)51(60-41)63-40-29-17-6-18-30-40/h1-30,41-46,50-51H,31-34H2/t41-,42-,43?,44?,45?,46?,50+,51-/m0/s1. The van der Waals surface area contributed by atoms with Gasteiger partial charge in [-0.3, -0.25) is 0 Å². The average Bonchev–Trinajstić information content (AvgIpc) is 3.84. The smallest absolute Gasteiger partial charge is 0.338 e. The summed E-state index contributed by atoms with van der Waals surface area (Å²) in [4.78, 5) is 41.6. The predicted octanol–water partition coefficient (Wildman–Crippen LogP) is 8.72. The highest BCUT2D eigenvalue weighted by molar-refractivity contribution is 7.99. The summed E-state index contributed by atoms with van der Waals surface area (Å²) >= 11 is 1.51. The van der Waals surface area contributed by atoms with Crippen LogP contribution in [0.1, 0.15) is 42.2 Å². The quantitative estimate of drug-likeness (QED) is 0.0606. The summed E-state index contributed by atoms with van der Waals surface area (Å²) in [7, 11) is 0. The van der Waals surface area contributed by atoms with Gasteiger partial charge in [0.2, 0.25) is 0 Å². The van der Waals surface area contributed by atoms with E-state index in [1.54, 1.807) is 91.0 Å². The highest BCUT2D eigenvalue weighted by Crippen LogP contribution is 2.39. The Hall–Kier alpha value is -6.12. The molecule has 8 rings (SSSR count). The molecule has 0 bridgehead atoms. The maximum Gasteiger partial charge on any atom is 0.338 e. The van der Waals surface area contributed by atoms with E-state index in [0.29, 0.717) is 12.2 Å². The summed E-state index contributed by atoms with van der Waals surface area (Å²) < 4.78 is 51.1. The van der Waals surface area contributed by atoms with E-state index in [4.69, 9.17) is 37.9 Å². The van der Waals surface area contributed by atoms with Gasteiger partial charge in [-0.25, -0.2) is 14.4 Å². The number of esters is 3. The van der Waals surface area contributed by atoms with Gasteiger partial charge in [0.05, 0.1) is 36.5 Å². The Morgan fingerprint density at radius 2 is 0.857 bits per heavy atom. The zero-order valence-electron chi connectivity index (χ0n) is 34.2. The molecule has 0 amide bonds. The molecule has 8 atom stereocenters. The molecule has 4 unspecified atom stereocenters. The molecule has 2 saturated heterocycles. The van der Waals surface area contributed by atoms with E-state index in [1.807, 2.05) is 91.0 Å². The van der Waals surface area contributed by atoms with Crippen molar-refractivity contribution in [3.8, 4) is 0 Å². The van der Waals surface area contributed by atoms with Crippen LogP contribution in [0.25, 0.3) is 0 Å². The monoisotopic (exact) mass is 866 g/mol. The normalized spacial score (nSPS) is 22.9. The molecule has 0 spiro atoms. The second kappa shape index (κ2) is 21.8. The highest BCUT2D eigenvalue weighted by atomic mass is 32.2.